The normalized spacial score (nSPS) is 21.3. The van der Waals surface area contributed by atoms with Crippen LogP contribution in [0.3, 0.4) is 0 Å². The molecular weight excluding hydrogens is 133 g/mol. The van der Waals surface area contributed by atoms with Gasteiger partial charge in [-0.05, 0) is 0 Å². The van der Waals surface area contributed by atoms with E-state index in [0.717, 1.165) is 32.7 Å². The highest BCUT2D eigenvalue weighted by molar-refractivity contribution is 4.67. The van der Waals surface area contributed by atoms with Crippen molar-refractivity contribution in [3.05, 3.63) is 0 Å². The van der Waals surface area contributed by atoms with Gasteiger partial charge in [0.15, 0.2) is 0 Å². The van der Waals surface area contributed by atoms with Gasteiger partial charge in [-0.25, -0.2) is 0 Å². The quantitative estimate of drug-likeness (QED) is 0.520. The molecule has 0 aromatic carbocycles. The summed E-state index contributed by atoms with van der Waals surface area (Å²) in [6.45, 7) is 5.42. The minimum atomic E-state index is 0.444. The number of halogens is 1. The Labute approximate surface area is 60.5 Å². The summed E-state index contributed by atoms with van der Waals surface area (Å²) in [6, 6.07) is 0. The summed E-state index contributed by atoms with van der Waals surface area (Å²) in [5.41, 5.74) is 1.65. The molecule has 2 N–H and O–H groups in total. The van der Waals surface area contributed by atoms with Gasteiger partial charge in [-0.15, -0.1) is 4.48 Å². The Morgan fingerprint density at radius 3 is 2.70 bits per heavy atom. The minimum Gasteiger partial charge on any atom is -0.314 e. The molecule has 1 saturated heterocycles. The average molecular weight is 147 g/mol. The van der Waals surface area contributed by atoms with Crippen molar-refractivity contribution in [3.63, 3.8) is 0 Å². The lowest BCUT2D eigenvalue weighted by molar-refractivity contribution is 0.217. The zero-order valence-electron chi connectivity index (χ0n) is 6.07. The van der Waals surface area contributed by atoms with Gasteiger partial charge in [0, 0.05) is 39.3 Å². The lowest BCUT2D eigenvalue weighted by Gasteiger charge is -2.26. The first-order chi connectivity index (χ1) is 4.93. The SMILES string of the molecule is FNCCN1CCNCC1. The number of nitrogens with zero attached hydrogens (tertiary/aromatic N) is 1. The molecule has 0 aromatic heterocycles. The first-order valence-corrected chi connectivity index (χ1v) is 3.70. The van der Waals surface area contributed by atoms with E-state index in [9.17, 15) is 4.48 Å². The van der Waals surface area contributed by atoms with Crippen molar-refractivity contribution in [3.8, 4) is 0 Å². The van der Waals surface area contributed by atoms with Gasteiger partial charge in [0.1, 0.15) is 0 Å². The third-order valence-electron chi connectivity index (χ3n) is 1.73. The van der Waals surface area contributed by atoms with E-state index in [1.54, 1.807) is 5.54 Å². The Morgan fingerprint density at radius 1 is 1.40 bits per heavy atom. The number of hydrogen-bond donors (Lipinski definition) is 2. The third-order valence-corrected chi connectivity index (χ3v) is 1.73. The summed E-state index contributed by atoms with van der Waals surface area (Å²) in [5, 5.41) is 3.24. The van der Waals surface area contributed by atoms with Crippen molar-refractivity contribution in [1.82, 2.24) is 15.8 Å². The Hall–Kier alpha value is -0.190. The van der Waals surface area contributed by atoms with Crippen LogP contribution in [0, 0.1) is 0 Å². The molecule has 0 saturated carbocycles. The molecule has 4 heteroatoms. The van der Waals surface area contributed by atoms with E-state index in [4.69, 9.17) is 0 Å². The van der Waals surface area contributed by atoms with Crippen LogP contribution >= 0.6 is 0 Å². The van der Waals surface area contributed by atoms with Crippen molar-refractivity contribution in [2.75, 3.05) is 39.3 Å². The van der Waals surface area contributed by atoms with Gasteiger partial charge >= 0.3 is 0 Å². The van der Waals surface area contributed by atoms with E-state index in [0.29, 0.717) is 6.54 Å². The molecule has 0 aromatic rings. The van der Waals surface area contributed by atoms with Crippen LogP contribution in [0.25, 0.3) is 0 Å². The molecule has 1 rings (SSSR count). The Balaban J connectivity index is 2.02. The van der Waals surface area contributed by atoms with Gasteiger partial charge in [0.05, 0.1) is 0 Å². The molecule has 1 fully saturated rings. The molecule has 1 aliphatic heterocycles. The number of nitrogens with one attached hydrogen (secondary N) is 2. The predicted octanol–water partition coefficient (Wildman–Crippen LogP) is -0.634. The molecule has 0 amide bonds. The largest absolute Gasteiger partial charge is 0.314 e. The van der Waals surface area contributed by atoms with Crippen molar-refractivity contribution in [2.45, 2.75) is 0 Å². The standard InChI is InChI=1S/C6H14FN3/c7-9-3-6-10-4-1-8-2-5-10/h8-9H,1-6H2. The monoisotopic (exact) mass is 147 g/mol. The van der Waals surface area contributed by atoms with E-state index in [-0.39, 0.29) is 0 Å². The average Bonchev–Trinajstić information content (AvgIpc) is 2.03. The molecule has 0 spiro atoms. The second-order valence-corrected chi connectivity index (χ2v) is 2.48. The Morgan fingerprint density at radius 2 is 2.10 bits per heavy atom. The topological polar surface area (TPSA) is 27.3 Å². The maximum absolute atomic E-state index is 11.5. The highest BCUT2D eigenvalue weighted by Gasteiger charge is 2.07. The maximum Gasteiger partial charge on any atom is 0.0387 e. The van der Waals surface area contributed by atoms with E-state index in [1.165, 1.54) is 0 Å². The van der Waals surface area contributed by atoms with Gasteiger partial charge in [-0.3, -0.25) is 4.90 Å². The summed E-state index contributed by atoms with van der Waals surface area (Å²) in [5.74, 6) is 0. The zero-order chi connectivity index (χ0) is 7.23. The number of hydrogen-bond acceptors (Lipinski definition) is 3. The van der Waals surface area contributed by atoms with Crippen LogP contribution in [0.2, 0.25) is 0 Å². The van der Waals surface area contributed by atoms with Crippen LogP contribution in [0.15, 0.2) is 0 Å². The fraction of sp³-hybridized carbons (Fsp3) is 1.00. The van der Waals surface area contributed by atoms with E-state index in [1.807, 2.05) is 0 Å². The molecule has 0 radical (unpaired) electrons. The third kappa shape index (κ3) is 2.60. The summed E-state index contributed by atoms with van der Waals surface area (Å²) in [7, 11) is 0. The molecular formula is C6H14FN3. The van der Waals surface area contributed by atoms with Gasteiger partial charge in [0.25, 0.3) is 0 Å². The van der Waals surface area contributed by atoms with E-state index >= 15 is 0 Å². The van der Waals surface area contributed by atoms with Gasteiger partial charge in [-0.1, -0.05) is 0 Å². The first kappa shape index (κ1) is 7.91. The summed E-state index contributed by atoms with van der Waals surface area (Å²) in [6.07, 6.45) is 0. The van der Waals surface area contributed by atoms with E-state index < -0.39 is 0 Å². The number of rotatable bonds is 3. The molecule has 0 bridgehead atoms. The second-order valence-electron chi connectivity index (χ2n) is 2.48. The summed E-state index contributed by atoms with van der Waals surface area (Å²) < 4.78 is 11.5. The molecule has 60 valence electrons. The van der Waals surface area contributed by atoms with Crippen molar-refractivity contribution >= 4 is 0 Å². The van der Waals surface area contributed by atoms with Crippen LogP contribution in [0.1, 0.15) is 0 Å². The zero-order valence-corrected chi connectivity index (χ0v) is 6.07. The second kappa shape index (κ2) is 4.60. The fourth-order valence-corrected chi connectivity index (χ4v) is 1.14. The lowest BCUT2D eigenvalue weighted by atomic mass is 10.3. The summed E-state index contributed by atoms with van der Waals surface area (Å²) >= 11 is 0. The Bertz CT molecular complexity index is 83.1. The van der Waals surface area contributed by atoms with Crippen LogP contribution in [-0.2, 0) is 0 Å². The minimum absolute atomic E-state index is 0.444. The molecule has 0 aliphatic carbocycles. The number of piperazine rings is 1. The fourth-order valence-electron chi connectivity index (χ4n) is 1.14. The summed E-state index contributed by atoms with van der Waals surface area (Å²) in [4.78, 5) is 2.24. The lowest BCUT2D eigenvalue weighted by Crippen LogP contribution is -2.45. The highest BCUT2D eigenvalue weighted by Crippen LogP contribution is 1.89. The molecule has 1 aliphatic rings. The molecule has 1 heterocycles. The maximum atomic E-state index is 11.5. The Kier molecular flexibility index (Phi) is 3.64. The molecule has 0 atom stereocenters. The van der Waals surface area contributed by atoms with Crippen molar-refractivity contribution in [2.24, 2.45) is 0 Å². The predicted molar refractivity (Wildman–Crippen MR) is 38.4 cm³/mol. The molecule has 3 nitrogen and oxygen atoms in total. The first-order valence-electron chi connectivity index (χ1n) is 3.70. The van der Waals surface area contributed by atoms with Crippen molar-refractivity contribution < 1.29 is 4.48 Å². The van der Waals surface area contributed by atoms with E-state index in [2.05, 4.69) is 10.2 Å². The van der Waals surface area contributed by atoms with Crippen LogP contribution in [-0.4, -0.2) is 44.2 Å². The molecule has 10 heavy (non-hydrogen) atoms. The van der Waals surface area contributed by atoms with Gasteiger partial charge < -0.3 is 5.32 Å². The van der Waals surface area contributed by atoms with Crippen molar-refractivity contribution in [1.29, 1.82) is 0 Å². The van der Waals surface area contributed by atoms with Gasteiger partial charge in [-0.2, -0.15) is 5.54 Å². The van der Waals surface area contributed by atoms with Crippen LogP contribution in [0.5, 0.6) is 0 Å². The van der Waals surface area contributed by atoms with Crippen LogP contribution in [0.4, 0.5) is 4.48 Å². The van der Waals surface area contributed by atoms with Crippen LogP contribution < -0.4 is 10.9 Å². The molecule has 0 unspecified atom stereocenters. The highest BCUT2D eigenvalue weighted by atomic mass is 19.2. The van der Waals surface area contributed by atoms with Gasteiger partial charge in [0.2, 0.25) is 0 Å². The smallest absolute Gasteiger partial charge is 0.0387 e.